The Balaban J connectivity index is 3.55. The first-order chi connectivity index (χ1) is 6.72. The van der Waals surface area contributed by atoms with Gasteiger partial charge in [-0.05, 0) is 46.2 Å². The summed E-state index contributed by atoms with van der Waals surface area (Å²) >= 11 is 0. The summed E-state index contributed by atoms with van der Waals surface area (Å²) < 4.78 is 0. The molecule has 0 aromatic heterocycles. The Kier molecular flexibility index (Phi) is 9.42. The highest BCUT2D eigenvalue weighted by Gasteiger charge is 2.07. The first-order valence-electron chi connectivity index (χ1n) is 6.07. The van der Waals surface area contributed by atoms with Crippen molar-refractivity contribution in [2.45, 2.75) is 58.9 Å². The number of aliphatic hydroxyl groups excluding tert-OH is 1. The first kappa shape index (κ1) is 13.9. The molecular weight excluding hydrogens is 174 g/mol. The third-order valence-electron chi connectivity index (χ3n) is 2.63. The van der Waals surface area contributed by atoms with Crippen LogP contribution in [0.4, 0.5) is 0 Å². The van der Waals surface area contributed by atoms with Crippen LogP contribution in [0.2, 0.25) is 0 Å². The third kappa shape index (κ3) is 7.34. The Morgan fingerprint density at radius 3 is 2.00 bits per heavy atom. The van der Waals surface area contributed by atoms with Gasteiger partial charge in [0.15, 0.2) is 0 Å². The number of unbranched alkanes of at least 4 members (excludes halogenated alkanes) is 3. The Hall–Kier alpha value is -0.0800. The lowest BCUT2D eigenvalue weighted by atomic mass is 10.2. The summed E-state index contributed by atoms with van der Waals surface area (Å²) in [5.41, 5.74) is 0. The van der Waals surface area contributed by atoms with E-state index in [0.29, 0.717) is 12.6 Å². The molecule has 0 aliphatic rings. The van der Waals surface area contributed by atoms with Crippen molar-refractivity contribution in [2.24, 2.45) is 0 Å². The molecule has 0 amide bonds. The molecule has 0 saturated heterocycles. The zero-order valence-corrected chi connectivity index (χ0v) is 10.1. The van der Waals surface area contributed by atoms with Gasteiger partial charge in [-0.15, -0.1) is 0 Å². The van der Waals surface area contributed by atoms with Crippen LogP contribution in [-0.2, 0) is 0 Å². The fourth-order valence-corrected chi connectivity index (χ4v) is 1.62. The van der Waals surface area contributed by atoms with Crippen LogP contribution in [0.5, 0.6) is 0 Å². The van der Waals surface area contributed by atoms with Crippen molar-refractivity contribution in [1.82, 2.24) is 4.90 Å². The van der Waals surface area contributed by atoms with E-state index < -0.39 is 0 Å². The molecule has 1 N–H and O–H groups in total. The molecular formula is C12H27NO. The van der Waals surface area contributed by atoms with Crippen LogP contribution in [0.25, 0.3) is 0 Å². The summed E-state index contributed by atoms with van der Waals surface area (Å²) in [6, 6.07) is 0.644. The highest BCUT2D eigenvalue weighted by atomic mass is 16.2. The molecule has 0 heterocycles. The van der Waals surface area contributed by atoms with Gasteiger partial charge in [0.2, 0.25) is 0 Å². The van der Waals surface area contributed by atoms with Gasteiger partial charge in [0, 0.05) is 12.6 Å². The zero-order chi connectivity index (χ0) is 10.8. The van der Waals surface area contributed by atoms with Gasteiger partial charge in [0.1, 0.15) is 0 Å². The second kappa shape index (κ2) is 9.47. The molecule has 14 heavy (non-hydrogen) atoms. The van der Waals surface area contributed by atoms with Gasteiger partial charge in [-0.3, -0.25) is 0 Å². The summed E-state index contributed by atoms with van der Waals surface area (Å²) in [6.07, 6.45) is 6.01. The molecule has 0 aliphatic heterocycles. The maximum Gasteiger partial charge on any atom is 0.0431 e. The lowest BCUT2D eigenvalue weighted by Gasteiger charge is -2.26. The molecule has 0 saturated carbocycles. The summed E-state index contributed by atoms with van der Waals surface area (Å²) in [7, 11) is 0. The molecule has 0 aromatic rings. The molecule has 0 rings (SSSR count). The maximum absolute atomic E-state index is 8.71. The molecule has 0 radical (unpaired) electrons. The first-order valence-corrected chi connectivity index (χ1v) is 6.07. The number of aliphatic hydroxyl groups is 1. The zero-order valence-electron chi connectivity index (χ0n) is 10.1. The van der Waals surface area contributed by atoms with Crippen molar-refractivity contribution in [3.8, 4) is 0 Å². The van der Waals surface area contributed by atoms with Gasteiger partial charge in [-0.1, -0.05) is 19.8 Å². The standard InChI is InChI=1S/C12H27NO/c1-4-5-6-9-13(12(2)3)10-7-8-11-14/h12,14H,4-11H2,1-3H3. The Labute approximate surface area is 89.3 Å². The minimum absolute atomic E-state index is 0.334. The highest BCUT2D eigenvalue weighted by Crippen LogP contribution is 2.05. The van der Waals surface area contributed by atoms with Crippen LogP contribution in [0.3, 0.4) is 0 Å². The normalized spacial score (nSPS) is 11.6. The predicted octanol–water partition coefficient (Wildman–Crippen LogP) is 2.66. The van der Waals surface area contributed by atoms with Crippen LogP contribution in [0.1, 0.15) is 52.9 Å². The van der Waals surface area contributed by atoms with Crippen LogP contribution in [-0.4, -0.2) is 35.7 Å². The molecule has 2 nitrogen and oxygen atoms in total. The van der Waals surface area contributed by atoms with E-state index in [4.69, 9.17) is 5.11 Å². The second-order valence-electron chi connectivity index (χ2n) is 4.27. The number of hydrogen-bond donors (Lipinski definition) is 1. The SMILES string of the molecule is CCCCCN(CCCCO)C(C)C. The van der Waals surface area contributed by atoms with Crippen LogP contribution < -0.4 is 0 Å². The van der Waals surface area contributed by atoms with E-state index in [1.165, 1.54) is 25.8 Å². The fraction of sp³-hybridized carbons (Fsp3) is 1.00. The van der Waals surface area contributed by atoms with Gasteiger partial charge < -0.3 is 10.0 Å². The minimum atomic E-state index is 0.334. The largest absolute Gasteiger partial charge is 0.396 e. The molecule has 2 heteroatoms. The molecule has 0 bridgehead atoms. The van der Waals surface area contributed by atoms with Gasteiger partial charge >= 0.3 is 0 Å². The summed E-state index contributed by atoms with van der Waals surface area (Å²) in [6.45, 7) is 9.45. The van der Waals surface area contributed by atoms with E-state index >= 15 is 0 Å². The average Bonchev–Trinajstić information content (AvgIpc) is 2.15. The summed E-state index contributed by atoms with van der Waals surface area (Å²) in [4.78, 5) is 2.52. The highest BCUT2D eigenvalue weighted by molar-refractivity contribution is 4.62. The van der Waals surface area contributed by atoms with Crippen molar-refractivity contribution in [3.63, 3.8) is 0 Å². The van der Waals surface area contributed by atoms with E-state index in [2.05, 4.69) is 25.7 Å². The molecule has 0 unspecified atom stereocenters. The monoisotopic (exact) mass is 201 g/mol. The van der Waals surface area contributed by atoms with Crippen molar-refractivity contribution >= 4 is 0 Å². The quantitative estimate of drug-likeness (QED) is 0.580. The second-order valence-corrected chi connectivity index (χ2v) is 4.27. The lowest BCUT2D eigenvalue weighted by Crippen LogP contribution is -2.32. The van der Waals surface area contributed by atoms with Crippen molar-refractivity contribution in [3.05, 3.63) is 0 Å². The lowest BCUT2D eigenvalue weighted by molar-refractivity contribution is 0.202. The molecule has 0 atom stereocenters. The number of rotatable bonds is 9. The van der Waals surface area contributed by atoms with Crippen LogP contribution in [0.15, 0.2) is 0 Å². The molecule has 0 aliphatic carbocycles. The maximum atomic E-state index is 8.71. The smallest absolute Gasteiger partial charge is 0.0431 e. The molecule has 0 spiro atoms. The molecule has 0 aromatic carbocycles. The van der Waals surface area contributed by atoms with Gasteiger partial charge in [-0.2, -0.15) is 0 Å². The summed E-state index contributed by atoms with van der Waals surface area (Å²) in [5.74, 6) is 0. The Morgan fingerprint density at radius 1 is 1.00 bits per heavy atom. The minimum Gasteiger partial charge on any atom is -0.396 e. The van der Waals surface area contributed by atoms with E-state index in [1.54, 1.807) is 0 Å². The Bertz CT molecular complexity index is 105. The van der Waals surface area contributed by atoms with E-state index in [0.717, 1.165) is 19.4 Å². The van der Waals surface area contributed by atoms with Crippen LogP contribution >= 0.6 is 0 Å². The predicted molar refractivity (Wildman–Crippen MR) is 62.6 cm³/mol. The number of nitrogens with zero attached hydrogens (tertiary/aromatic N) is 1. The van der Waals surface area contributed by atoms with Crippen molar-refractivity contribution in [1.29, 1.82) is 0 Å². The van der Waals surface area contributed by atoms with E-state index in [1.807, 2.05) is 0 Å². The van der Waals surface area contributed by atoms with Crippen LogP contribution in [0, 0.1) is 0 Å². The molecule has 0 fully saturated rings. The van der Waals surface area contributed by atoms with Crippen molar-refractivity contribution in [2.75, 3.05) is 19.7 Å². The average molecular weight is 201 g/mol. The Morgan fingerprint density at radius 2 is 1.57 bits per heavy atom. The van der Waals surface area contributed by atoms with Gasteiger partial charge in [-0.25, -0.2) is 0 Å². The van der Waals surface area contributed by atoms with E-state index in [9.17, 15) is 0 Å². The topological polar surface area (TPSA) is 23.5 Å². The molecule has 86 valence electrons. The number of hydrogen-bond acceptors (Lipinski definition) is 2. The fourth-order valence-electron chi connectivity index (χ4n) is 1.62. The van der Waals surface area contributed by atoms with Crippen molar-refractivity contribution < 1.29 is 5.11 Å². The van der Waals surface area contributed by atoms with Gasteiger partial charge in [0.25, 0.3) is 0 Å². The van der Waals surface area contributed by atoms with E-state index in [-0.39, 0.29) is 0 Å². The third-order valence-corrected chi connectivity index (χ3v) is 2.63. The summed E-state index contributed by atoms with van der Waals surface area (Å²) in [5, 5.41) is 8.71. The van der Waals surface area contributed by atoms with Gasteiger partial charge in [0.05, 0.1) is 0 Å².